The number of benzene rings is 2. The number of hydrogen-bond donors (Lipinski definition) is 4. The lowest BCUT2D eigenvalue weighted by Crippen LogP contribution is -2.46. The van der Waals surface area contributed by atoms with E-state index in [-0.39, 0.29) is 29.1 Å². The van der Waals surface area contributed by atoms with Crippen molar-refractivity contribution in [3.8, 4) is 17.2 Å². The highest BCUT2D eigenvalue weighted by Crippen LogP contribution is 2.43. The van der Waals surface area contributed by atoms with Crippen molar-refractivity contribution in [1.29, 1.82) is 0 Å². The van der Waals surface area contributed by atoms with Crippen LogP contribution in [0.25, 0.3) is 11.6 Å². The zero-order valence-corrected chi connectivity index (χ0v) is 20.0. The van der Waals surface area contributed by atoms with Crippen LogP contribution in [-0.4, -0.2) is 49.8 Å². The predicted molar refractivity (Wildman–Crippen MR) is 127 cm³/mol. The van der Waals surface area contributed by atoms with Crippen LogP contribution < -0.4 is 9.47 Å². The largest absolute Gasteiger partial charge is 0.507 e. The van der Waals surface area contributed by atoms with Crippen molar-refractivity contribution < 1.29 is 39.4 Å². The Morgan fingerprint density at radius 1 is 0.886 bits per heavy atom. The van der Waals surface area contributed by atoms with Crippen molar-refractivity contribution in [1.82, 2.24) is 0 Å². The molecule has 3 aliphatic heterocycles. The number of carbonyl (C=O) groups is 1. The average Bonchev–Trinajstić information content (AvgIpc) is 3.02. The number of phenols is 1. The van der Waals surface area contributed by atoms with Crippen LogP contribution in [0.3, 0.4) is 0 Å². The molecule has 5 rings (SSSR count). The van der Waals surface area contributed by atoms with Gasteiger partial charge in [0.2, 0.25) is 0 Å². The second kappa shape index (κ2) is 7.76. The number of carbonyl (C=O) groups excluding carboxylic acids is 1. The highest BCUT2D eigenvalue weighted by atomic mass is 16.6. The van der Waals surface area contributed by atoms with Crippen LogP contribution in [0.2, 0.25) is 0 Å². The average molecular weight is 481 g/mol. The van der Waals surface area contributed by atoms with Gasteiger partial charge in [-0.1, -0.05) is 6.07 Å². The van der Waals surface area contributed by atoms with E-state index >= 15 is 0 Å². The SMILES string of the molecule is CC1(C)Oc2ccc(/C=C3\OC(=O)C(c4cc5c(cc4O)OC(C)(C)C(O)C5)=C3O)cc2CC1O. The quantitative estimate of drug-likeness (QED) is 0.482. The zero-order chi connectivity index (χ0) is 25.3. The van der Waals surface area contributed by atoms with Gasteiger partial charge in [0.1, 0.15) is 34.0 Å². The Balaban J connectivity index is 1.50. The summed E-state index contributed by atoms with van der Waals surface area (Å²) in [6, 6.07) is 8.24. The van der Waals surface area contributed by atoms with Crippen LogP contribution in [0.4, 0.5) is 0 Å². The molecule has 0 saturated heterocycles. The van der Waals surface area contributed by atoms with Crippen LogP contribution in [0, 0.1) is 0 Å². The Bertz CT molecular complexity index is 1300. The van der Waals surface area contributed by atoms with Gasteiger partial charge in [0.05, 0.1) is 12.2 Å². The van der Waals surface area contributed by atoms with Gasteiger partial charge in [0, 0.05) is 24.5 Å². The minimum Gasteiger partial charge on any atom is -0.507 e. The Kier molecular flexibility index (Phi) is 5.16. The molecule has 0 saturated carbocycles. The van der Waals surface area contributed by atoms with Gasteiger partial charge in [-0.15, -0.1) is 0 Å². The first-order chi connectivity index (χ1) is 16.4. The summed E-state index contributed by atoms with van der Waals surface area (Å²) in [4.78, 5) is 12.7. The van der Waals surface area contributed by atoms with E-state index in [9.17, 15) is 25.2 Å². The molecule has 0 radical (unpaired) electrons. The molecule has 8 heteroatoms. The first-order valence-electron chi connectivity index (χ1n) is 11.5. The van der Waals surface area contributed by atoms with E-state index in [1.807, 2.05) is 13.8 Å². The molecular formula is C27H28O8. The van der Waals surface area contributed by atoms with E-state index in [0.29, 0.717) is 29.0 Å². The molecule has 0 fully saturated rings. The molecular weight excluding hydrogens is 452 g/mol. The third-order valence-corrected chi connectivity index (χ3v) is 6.88. The number of aliphatic hydroxyl groups is 3. The summed E-state index contributed by atoms with van der Waals surface area (Å²) in [7, 11) is 0. The lowest BCUT2D eigenvalue weighted by Gasteiger charge is -2.37. The van der Waals surface area contributed by atoms with E-state index in [4.69, 9.17) is 14.2 Å². The van der Waals surface area contributed by atoms with Crippen molar-refractivity contribution in [2.45, 2.75) is 63.9 Å². The van der Waals surface area contributed by atoms with E-state index in [1.54, 1.807) is 32.0 Å². The zero-order valence-electron chi connectivity index (χ0n) is 20.0. The van der Waals surface area contributed by atoms with Gasteiger partial charge in [0.15, 0.2) is 11.5 Å². The Morgan fingerprint density at radius 2 is 1.49 bits per heavy atom. The van der Waals surface area contributed by atoms with Gasteiger partial charge in [-0.2, -0.15) is 0 Å². The highest BCUT2D eigenvalue weighted by Gasteiger charge is 2.39. The van der Waals surface area contributed by atoms with E-state index < -0.39 is 35.1 Å². The third-order valence-electron chi connectivity index (χ3n) is 6.88. The summed E-state index contributed by atoms with van der Waals surface area (Å²) < 4.78 is 17.0. The standard InChI is InChI=1S/C27H28O8/c1-26(2)21(29)10-14-7-13(5-6-18(14)34-26)8-20-24(31)23(25(32)33-20)16-9-15-11-22(30)27(3,4)35-19(15)12-17(16)28/h5-9,12,21-22,28-31H,10-11H2,1-4H3/b20-8-. The molecule has 0 bridgehead atoms. The summed E-state index contributed by atoms with van der Waals surface area (Å²) in [5, 5.41) is 42.2. The molecule has 0 amide bonds. The second-order valence-electron chi connectivity index (χ2n) is 10.3. The number of cyclic esters (lactones) is 1. The molecule has 2 aromatic rings. The monoisotopic (exact) mass is 480 g/mol. The fourth-order valence-corrected chi connectivity index (χ4v) is 4.53. The molecule has 0 spiro atoms. The van der Waals surface area contributed by atoms with Crippen molar-refractivity contribution in [2.24, 2.45) is 0 Å². The van der Waals surface area contributed by atoms with E-state index in [0.717, 1.165) is 5.56 Å². The van der Waals surface area contributed by atoms with Crippen molar-refractivity contribution >= 4 is 17.6 Å². The van der Waals surface area contributed by atoms with Gasteiger partial charge < -0.3 is 34.6 Å². The summed E-state index contributed by atoms with van der Waals surface area (Å²) in [5.74, 6) is -0.448. The maximum Gasteiger partial charge on any atom is 0.348 e. The Labute approximate surface area is 202 Å². The number of ether oxygens (including phenoxy) is 3. The Morgan fingerprint density at radius 3 is 2.14 bits per heavy atom. The number of esters is 1. The number of rotatable bonds is 2. The summed E-state index contributed by atoms with van der Waals surface area (Å²) >= 11 is 0. The molecule has 3 aliphatic rings. The molecule has 35 heavy (non-hydrogen) atoms. The maximum atomic E-state index is 12.7. The number of hydrogen-bond acceptors (Lipinski definition) is 8. The van der Waals surface area contributed by atoms with Crippen LogP contribution in [0.1, 0.15) is 49.9 Å². The number of phenolic OH excluding ortho intramolecular Hbond substituents is 1. The first-order valence-corrected chi connectivity index (χ1v) is 11.5. The topological polar surface area (TPSA) is 126 Å². The normalized spacial score (nSPS) is 25.4. The highest BCUT2D eigenvalue weighted by molar-refractivity contribution is 6.21. The summed E-state index contributed by atoms with van der Waals surface area (Å²) in [6.45, 7) is 7.14. The summed E-state index contributed by atoms with van der Waals surface area (Å²) in [6.07, 6.45) is 0.721. The molecule has 0 aromatic heterocycles. The molecule has 184 valence electrons. The minimum atomic E-state index is -0.823. The second-order valence-corrected chi connectivity index (χ2v) is 10.3. The van der Waals surface area contributed by atoms with Crippen LogP contribution >= 0.6 is 0 Å². The molecule has 2 aromatic carbocycles. The number of aromatic hydroxyl groups is 1. The lowest BCUT2D eigenvalue weighted by molar-refractivity contribution is -0.131. The molecule has 2 unspecified atom stereocenters. The van der Waals surface area contributed by atoms with Crippen molar-refractivity contribution in [3.63, 3.8) is 0 Å². The van der Waals surface area contributed by atoms with Gasteiger partial charge in [-0.05, 0) is 68.7 Å². The molecule has 0 aliphatic carbocycles. The Hall–Kier alpha value is -3.49. The third kappa shape index (κ3) is 3.92. The van der Waals surface area contributed by atoms with Gasteiger partial charge in [0.25, 0.3) is 0 Å². The minimum absolute atomic E-state index is 0.0582. The van der Waals surface area contributed by atoms with E-state index in [2.05, 4.69) is 0 Å². The molecule has 4 N–H and O–H groups in total. The lowest BCUT2D eigenvalue weighted by atomic mass is 9.89. The molecule has 3 heterocycles. The fraction of sp³-hybridized carbons (Fsp3) is 0.370. The number of aliphatic hydroxyl groups excluding tert-OH is 3. The van der Waals surface area contributed by atoms with Gasteiger partial charge in [-0.3, -0.25) is 0 Å². The van der Waals surface area contributed by atoms with Crippen molar-refractivity contribution in [2.75, 3.05) is 0 Å². The maximum absolute atomic E-state index is 12.7. The summed E-state index contributed by atoms with van der Waals surface area (Å²) in [5.41, 5.74) is 0.444. The molecule has 8 nitrogen and oxygen atoms in total. The van der Waals surface area contributed by atoms with Crippen LogP contribution in [0.15, 0.2) is 41.9 Å². The number of fused-ring (bicyclic) bond motifs is 2. The van der Waals surface area contributed by atoms with Crippen molar-refractivity contribution in [3.05, 3.63) is 64.1 Å². The van der Waals surface area contributed by atoms with E-state index in [1.165, 1.54) is 18.2 Å². The van der Waals surface area contributed by atoms with Gasteiger partial charge in [-0.25, -0.2) is 4.79 Å². The van der Waals surface area contributed by atoms with Crippen LogP contribution in [-0.2, 0) is 22.4 Å². The van der Waals surface area contributed by atoms with Crippen LogP contribution in [0.5, 0.6) is 17.2 Å². The predicted octanol–water partition coefficient (Wildman–Crippen LogP) is 3.41. The van der Waals surface area contributed by atoms with Gasteiger partial charge >= 0.3 is 5.97 Å². The first kappa shape index (κ1) is 23.3. The molecule has 2 atom stereocenters. The fourth-order valence-electron chi connectivity index (χ4n) is 4.53. The smallest absolute Gasteiger partial charge is 0.348 e.